The lowest BCUT2D eigenvalue weighted by molar-refractivity contribution is 0.0929. The van der Waals surface area contributed by atoms with Gasteiger partial charge in [0.1, 0.15) is 12.4 Å². The molecule has 0 bridgehead atoms. The quantitative estimate of drug-likeness (QED) is 0.588. The molecule has 1 aromatic heterocycles. The number of ether oxygens (including phenoxy) is 1. The first-order valence-electron chi connectivity index (χ1n) is 8.59. The number of hydrogen-bond acceptors (Lipinski definition) is 4. The third-order valence-electron chi connectivity index (χ3n) is 3.81. The summed E-state index contributed by atoms with van der Waals surface area (Å²) >= 11 is 1.38. The van der Waals surface area contributed by atoms with Crippen molar-refractivity contribution in [3.63, 3.8) is 0 Å². The van der Waals surface area contributed by atoms with Crippen LogP contribution in [0.25, 0.3) is 0 Å². The van der Waals surface area contributed by atoms with Crippen LogP contribution < -0.4 is 15.4 Å². The first-order valence-corrected chi connectivity index (χ1v) is 9.47. The molecule has 2 N–H and O–H groups in total. The van der Waals surface area contributed by atoms with Crippen molar-refractivity contribution in [1.29, 1.82) is 0 Å². The van der Waals surface area contributed by atoms with Crippen molar-refractivity contribution in [3.8, 4) is 5.75 Å². The summed E-state index contributed by atoms with van der Waals surface area (Å²) in [5.41, 5.74) is 1.63. The summed E-state index contributed by atoms with van der Waals surface area (Å²) < 4.78 is 5.71. The molecule has 3 aromatic rings. The lowest BCUT2D eigenvalue weighted by Gasteiger charge is -2.08. The van der Waals surface area contributed by atoms with Crippen molar-refractivity contribution in [1.82, 2.24) is 10.6 Å². The van der Waals surface area contributed by atoms with Gasteiger partial charge in [0.05, 0.1) is 4.88 Å². The third-order valence-corrected chi connectivity index (χ3v) is 4.67. The maximum Gasteiger partial charge on any atom is 0.261 e. The molecule has 1 heterocycles. The molecule has 6 heteroatoms. The maximum absolute atomic E-state index is 12.1. The molecule has 0 fully saturated rings. The number of carbonyl (C=O) groups is 2. The van der Waals surface area contributed by atoms with Gasteiger partial charge < -0.3 is 15.4 Å². The predicted molar refractivity (Wildman–Crippen MR) is 106 cm³/mol. The minimum atomic E-state index is -0.185. The second-order valence-corrected chi connectivity index (χ2v) is 6.74. The molecule has 0 aliphatic carbocycles. The molecule has 0 atom stereocenters. The highest BCUT2D eigenvalue weighted by Gasteiger charge is 2.07. The monoisotopic (exact) mass is 380 g/mol. The maximum atomic E-state index is 12.1. The Morgan fingerprint density at radius 3 is 2.19 bits per heavy atom. The van der Waals surface area contributed by atoms with Crippen LogP contribution in [-0.4, -0.2) is 24.9 Å². The molecule has 27 heavy (non-hydrogen) atoms. The van der Waals surface area contributed by atoms with Crippen LogP contribution in [0.15, 0.2) is 72.1 Å². The van der Waals surface area contributed by atoms with Crippen LogP contribution in [0, 0.1) is 0 Å². The van der Waals surface area contributed by atoms with E-state index < -0.39 is 0 Å². The van der Waals surface area contributed by atoms with Crippen LogP contribution in [0.1, 0.15) is 25.6 Å². The van der Waals surface area contributed by atoms with E-state index in [4.69, 9.17) is 4.74 Å². The minimum absolute atomic E-state index is 0.126. The van der Waals surface area contributed by atoms with Gasteiger partial charge in [0, 0.05) is 18.7 Å². The summed E-state index contributed by atoms with van der Waals surface area (Å²) in [4.78, 5) is 24.6. The Balaban J connectivity index is 1.40. The van der Waals surface area contributed by atoms with Crippen LogP contribution >= 0.6 is 11.3 Å². The molecular weight excluding hydrogens is 360 g/mol. The highest BCUT2D eigenvalue weighted by molar-refractivity contribution is 7.12. The van der Waals surface area contributed by atoms with E-state index in [2.05, 4.69) is 10.6 Å². The first-order chi connectivity index (χ1) is 13.2. The Morgan fingerprint density at radius 1 is 0.815 bits per heavy atom. The molecular formula is C21H20N2O3S. The van der Waals surface area contributed by atoms with E-state index in [1.54, 1.807) is 30.3 Å². The van der Waals surface area contributed by atoms with Gasteiger partial charge in [-0.1, -0.05) is 36.4 Å². The van der Waals surface area contributed by atoms with Gasteiger partial charge in [-0.2, -0.15) is 0 Å². The number of carbonyl (C=O) groups excluding carboxylic acids is 2. The Bertz CT molecular complexity index is 862. The van der Waals surface area contributed by atoms with Gasteiger partial charge in [0.2, 0.25) is 0 Å². The van der Waals surface area contributed by atoms with Crippen LogP contribution in [0.3, 0.4) is 0 Å². The molecule has 2 aromatic carbocycles. The average molecular weight is 380 g/mol. The lowest BCUT2D eigenvalue weighted by atomic mass is 10.2. The summed E-state index contributed by atoms with van der Waals surface area (Å²) in [5, 5.41) is 7.41. The van der Waals surface area contributed by atoms with Crippen molar-refractivity contribution in [2.75, 3.05) is 13.1 Å². The van der Waals surface area contributed by atoms with Crippen molar-refractivity contribution >= 4 is 23.2 Å². The van der Waals surface area contributed by atoms with Gasteiger partial charge in [-0.3, -0.25) is 9.59 Å². The minimum Gasteiger partial charge on any atom is -0.489 e. The van der Waals surface area contributed by atoms with Crippen molar-refractivity contribution in [2.45, 2.75) is 6.61 Å². The first kappa shape index (κ1) is 18.7. The molecule has 2 amide bonds. The molecule has 0 aliphatic rings. The van der Waals surface area contributed by atoms with Gasteiger partial charge in [-0.25, -0.2) is 0 Å². The number of amides is 2. The Hall–Kier alpha value is -3.12. The van der Waals surface area contributed by atoms with Crippen molar-refractivity contribution < 1.29 is 14.3 Å². The molecule has 5 nitrogen and oxygen atoms in total. The number of thiophene rings is 1. The van der Waals surface area contributed by atoms with Crippen LogP contribution in [0.5, 0.6) is 5.75 Å². The average Bonchev–Trinajstić information content (AvgIpc) is 3.25. The topological polar surface area (TPSA) is 67.4 Å². The van der Waals surface area contributed by atoms with Gasteiger partial charge >= 0.3 is 0 Å². The summed E-state index contributed by atoms with van der Waals surface area (Å²) in [6.07, 6.45) is 0. The molecule has 0 aliphatic heterocycles. The second-order valence-electron chi connectivity index (χ2n) is 5.79. The van der Waals surface area contributed by atoms with Crippen molar-refractivity contribution in [3.05, 3.63) is 88.1 Å². The molecule has 0 unspecified atom stereocenters. The molecule has 138 valence electrons. The third kappa shape index (κ3) is 5.69. The zero-order chi connectivity index (χ0) is 18.9. The van der Waals surface area contributed by atoms with Crippen molar-refractivity contribution in [2.24, 2.45) is 0 Å². The smallest absolute Gasteiger partial charge is 0.261 e. The van der Waals surface area contributed by atoms with E-state index in [9.17, 15) is 9.59 Å². The van der Waals surface area contributed by atoms with E-state index in [1.807, 2.05) is 41.8 Å². The normalized spacial score (nSPS) is 10.2. The Labute approximate surface area is 162 Å². The largest absolute Gasteiger partial charge is 0.489 e. The molecule has 3 rings (SSSR count). The zero-order valence-corrected chi connectivity index (χ0v) is 15.5. The fourth-order valence-corrected chi connectivity index (χ4v) is 3.03. The SMILES string of the molecule is O=C(NCCNC(=O)c1cccs1)c1ccc(OCc2ccccc2)cc1. The standard InChI is InChI=1S/C21H20N2O3S/c24-20(22-12-13-23-21(25)19-7-4-14-27-19)17-8-10-18(11-9-17)26-15-16-5-2-1-3-6-16/h1-11,14H,12-13,15H2,(H,22,24)(H,23,25). The molecule has 0 spiro atoms. The Morgan fingerprint density at radius 2 is 1.52 bits per heavy atom. The van der Waals surface area contributed by atoms with Crippen LogP contribution in [0.4, 0.5) is 0 Å². The highest BCUT2D eigenvalue weighted by atomic mass is 32.1. The van der Waals surface area contributed by atoms with Gasteiger partial charge in [-0.15, -0.1) is 11.3 Å². The summed E-state index contributed by atoms with van der Waals surface area (Å²) in [5.74, 6) is 0.396. The number of benzene rings is 2. The van der Waals surface area contributed by atoms with E-state index in [1.165, 1.54) is 11.3 Å². The molecule has 0 radical (unpaired) electrons. The van der Waals surface area contributed by atoms with Gasteiger partial charge in [0.25, 0.3) is 11.8 Å². The molecule has 0 saturated heterocycles. The van der Waals surface area contributed by atoms with E-state index in [0.717, 1.165) is 5.56 Å². The lowest BCUT2D eigenvalue weighted by Crippen LogP contribution is -2.34. The summed E-state index contributed by atoms with van der Waals surface area (Å²) in [6, 6.07) is 20.5. The second kappa shape index (κ2) is 9.54. The summed E-state index contributed by atoms with van der Waals surface area (Å²) in [7, 11) is 0. The van der Waals surface area contributed by atoms with Gasteiger partial charge in [-0.05, 0) is 41.3 Å². The van der Waals surface area contributed by atoms with Crippen LogP contribution in [0.2, 0.25) is 0 Å². The summed E-state index contributed by atoms with van der Waals surface area (Å²) in [6.45, 7) is 1.22. The zero-order valence-electron chi connectivity index (χ0n) is 14.7. The van der Waals surface area contributed by atoms with Crippen LogP contribution in [-0.2, 0) is 6.61 Å². The fraction of sp³-hybridized carbons (Fsp3) is 0.143. The van der Waals surface area contributed by atoms with Gasteiger partial charge in [0.15, 0.2) is 0 Å². The number of rotatable bonds is 8. The number of nitrogens with one attached hydrogen (secondary N) is 2. The van der Waals surface area contributed by atoms with E-state index in [0.29, 0.717) is 35.9 Å². The van der Waals surface area contributed by atoms with E-state index >= 15 is 0 Å². The molecule has 0 saturated carbocycles. The number of hydrogen-bond donors (Lipinski definition) is 2. The predicted octanol–water partition coefficient (Wildman–Crippen LogP) is 3.49. The fourth-order valence-electron chi connectivity index (χ4n) is 2.39. The highest BCUT2D eigenvalue weighted by Crippen LogP contribution is 2.14. The van der Waals surface area contributed by atoms with E-state index in [-0.39, 0.29) is 11.8 Å². The Kier molecular flexibility index (Phi) is 6.60.